The molecule has 1 unspecified atom stereocenters. The molecule has 1 aliphatic carbocycles. The maximum atomic E-state index is 11.7. The van der Waals surface area contributed by atoms with Crippen LogP contribution in [0.5, 0.6) is 0 Å². The molecule has 0 spiro atoms. The van der Waals surface area contributed by atoms with Crippen LogP contribution in [0.15, 0.2) is 11.5 Å². The van der Waals surface area contributed by atoms with Gasteiger partial charge in [-0.25, -0.2) is 0 Å². The molecule has 20 heavy (non-hydrogen) atoms. The number of thiol groups is 1. The Morgan fingerprint density at radius 1 is 1.45 bits per heavy atom. The lowest BCUT2D eigenvalue weighted by atomic mass is 9.75. The van der Waals surface area contributed by atoms with Crippen LogP contribution in [0.3, 0.4) is 0 Å². The first-order chi connectivity index (χ1) is 9.17. The molecule has 1 rings (SSSR count). The molecule has 0 aromatic heterocycles. The van der Waals surface area contributed by atoms with E-state index in [1.807, 2.05) is 6.92 Å². The van der Waals surface area contributed by atoms with Crippen LogP contribution in [0.1, 0.15) is 53.9 Å². The minimum Gasteiger partial charge on any atom is -0.466 e. The van der Waals surface area contributed by atoms with Crippen molar-refractivity contribution in [3.8, 4) is 0 Å². The summed E-state index contributed by atoms with van der Waals surface area (Å²) in [5.41, 5.74) is 0.978. The summed E-state index contributed by atoms with van der Waals surface area (Å²) in [4.78, 5) is 11.7. The van der Waals surface area contributed by atoms with Gasteiger partial charge in [-0.3, -0.25) is 4.79 Å². The molecule has 0 heterocycles. The summed E-state index contributed by atoms with van der Waals surface area (Å²) in [5.74, 6) is -0.0476. The Hall–Kier alpha value is -0.415. The first-order valence-corrected chi connectivity index (χ1v) is 7.83. The van der Waals surface area contributed by atoms with Crippen LogP contribution in [0, 0.1) is 5.92 Å². The molecule has 5 heteroatoms. The van der Waals surface area contributed by atoms with Crippen molar-refractivity contribution in [2.45, 2.75) is 64.2 Å². The van der Waals surface area contributed by atoms with Gasteiger partial charge in [0, 0.05) is 4.75 Å². The Bertz CT molecular complexity index is 372. The van der Waals surface area contributed by atoms with Crippen molar-refractivity contribution in [3.63, 3.8) is 0 Å². The van der Waals surface area contributed by atoms with Crippen LogP contribution in [0.4, 0.5) is 0 Å². The molecule has 0 saturated heterocycles. The van der Waals surface area contributed by atoms with Gasteiger partial charge in [0.05, 0.1) is 18.1 Å². The third-order valence-corrected chi connectivity index (χ3v) is 4.76. The van der Waals surface area contributed by atoms with E-state index in [1.54, 1.807) is 0 Å². The summed E-state index contributed by atoms with van der Waals surface area (Å²) < 4.78 is 10.9. The van der Waals surface area contributed by atoms with E-state index in [2.05, 4.69) is 46.4 Å². The van der Waals surface area contributed by atoms with E-state index < -0.39 is 0 Å². The van der Waals surface area contributed by atoms with Crippen LogP contribution in [-0.2, 0) is 14.2 Å². The van der Waals surface area contributed by atoms with Crippen LogP contribution in [0.2, 0.25) is 0 Å². The van der Waals surface area contributed by atoms with E-state index in [4.69, 9.17) is 9.39 Å². The van der Waals surface area contributed by atoms with Gasteiger partial charge >= 0.3 is 13.5 Å². The fourth-order valence-electron chi connectivity index (χ4n) is 1.94. The Labute approximate surface area is 129 Å². The third-order valence-electron chi connectivity index (χ3n) is 4.22. The molecule has 3 nitrogen and oxygen atoms in total. The first-order valence-electron chi connectivity index (χ1n) is 7.38. The number of hydrogen-bond donors (Lipinski definition) is 1. The van der Waals surface area contributed by atoms with Crippen molar-refractivity contribution in [2.24, 2.45) is 5.92 Å². The van der Waals surface area contributed by atoms with E-state index >= 15 is 0 Å². The molecular weight excluding hydrogens is 271 g/mol. The van der Waals surface area contributed by atoms with E-state index in [9.17, 15) is 4.79 Å². The number of allylic oxidation sites excluding steroid dienone is 2. The summed E-state index contributed by atoms with van der Waals surface area (Å²) in [7, 11) is 0.618. The Morgan fingerprint density at radius 2 is 2.10 bits per heavy atom. The van der Waals surface area contributed by atoms with Crippen LogP contribution in [0.25, 0.3) is 0 Å². The summed E-state index contributed by atoms with van der Waals surface area (Å²) in [6.07, 6.45) is 4.67. The van der Waals surface area contributed by atoms with Crippen molar-refractivity contribution in [1.82, 2.24) is 0 Å². The normalized spacial score (nSPS) is 20.3. The van der Waals surface area contributed by atoms with Gasteiger partial charge in [-0.05, 0) is 53.9 Å². The number of carbonyl (C=O) groups excluding carboxylic acids is 1. The van der Waals surface area contributed by atoms with E-state index in [0.717, 1.165) is 19.3 Å². The second-order valence-corrected chi connectivity index (χ2v) is 7.56. The number of rotatable bonds is 6. The highest BCUT2D eigenvalue weighted by molar-refractivity contribution is 7.81. The molecule has 0 aliphatic heterocycles. The minimum atomic E-state index is -0.297. The van der Waals surface area contributed by atoms with Crippen molar-refractivity contribution in [1.29, 1.82) is 0 Å². The van der Waals surface area contributed by atoms with E-state index in [0.29, 0.717) is 14.1 Å². The first kappa shape index (κ1) is 17.6. The molecule has 0 aromatic carbocycles. The largest absolute Gasteiger partial charge is 0.466 e. The minimum absolute atomic E-state index is 0.0213. The lowest BCUT2D eigenvalue weighted by Crippen LogP contribution is -2.44. The summed E-state index contributed by atoms with van der Waals surface area (Å²) in [5, 5.41) is 0. The fraction of sp³-hybridized carbons (Fsp3) is 0.800. The average molecular weight is 298 g/mol. The molecule has 0 radical (unpaired) electrons. The zero-order valence-electron chi connectivity index (χ0n) is 13.4. The topological polar surface area (TPSA) is 35.5 Å². The molecule has 0 amide bonds. The average Bonchev–Trinajstić information content (AvgIpc) is 2.36. The van der Waals surface area contributed by atoms with Gasteiger partial charge in [0.1, 0.15) is 0 Å². The van der Waals surface area contributed by atoms with Gasteiger partial charge in [-0.2, -0.15) is 12.6 Å². The van der Waals surface area contributed by atoms with Crippen LogP contribution < -0.4 is 0 Å². The molecule has 0 aromatic rings. The highest BCUT2D eigenvalue weighted by Gasteiger charge is 2.35. The lowest BCUT2D eigenvalue weighted by Gasteiger charge is -2.38. The summed E-state index contributed by atoms with van der Waals surface area (Å²) in [6.45, 7) is 10.5. The third kappa shape index (κ3) is 4.85. The Kier molecular flexibility index (Phi) is 6.20. The summed E-state index contributed by atoms with van der Waals surface area (Å²) in [6, 6.07) is 0. The predicted octanol–water partition coefficient (Wildman–Crippen LogP) is 3.09. The number of ether oxygens (including phenoxy) is 1. The number of esters is 1. The van der Waals surface area contributed by atoms with Gasteiger partial charge in [0.15, 0.2) is 0 Å². The zero-order chi connectivity index (χ0) is 15.4. The molecule has 0 fully saturated rings. The van der Waals surface area contributed by atoms with E-state index in [-0.39, 0.29) is 22.2 Å². The van der Waals surface area contributed by atoms with Crippen LogP contribution >= 0.6 is 12.6 Å². The molecule has 1 aliphatic rings. The highest BCUT2D eigenvalue weighted by Crippen LogP contribution is 2.32. The number of hydrogen-bond acceptors (Lipinski definition) is 4. The van der Waals surface area contributed by atoms with Gasteiger partial charge in [0.2, 0.25) is 0 Å². The van der Waals surface area contributed by atoms with Gasteiger partial charge in [-0.15, -0.1) is 0 Å². The highest BCUT2D eigenvalue weighted by atomic mass is 32.1. The van der Waals surface area contributed by atoms with Crippen molar-refractivity contribution in [2.75, 3.05) is 6.61 Å². The van der Waals surface area contributed by atoms with Crippen molar-refractivity contribution >= 4 is 26.1 Å². The van der Waals surface area contributed by atoms with E-state index in [1.165, 1.54) is 5.47 Å². The van der Waals surface area contributed by atoms with Gasteiger partial charge in [-0.1, -0.05) is 11.5 Å². The zero-order valence-corrected chi connectivity index (χ0v) is 14.3. The quantitative estimate of drug-likeness (QED) is 0.465. The molecule has 1 atom stereocenters. The van der Waals surface area contributed by atoms with Crippen molar-refractivity contribution < 1.29 is 14.2 Å². The Morgan fingerprint density at radius 3 is 2.55 bits per heavy atom. The second kappa shape index (κ2) is 7.03. The lowest BCUT2D eigenvalue weighted by molar-refractivity contribution is -0.148. The van der Waals surface area contributed by atoms with Crippen LogP contribution in [-0.4, -0.2) is 30.4 Å². The maximum Gasteiger partial charge on any atom is 0.309 e. The monoisotopic (exact) mass is 298 g/mol. The standard InChI is InChI=1S/C15H27BO3S/c1-6-18-13(17)11-7-9-12(10-8-11)16-19-14(2,3)15(4,5)20/h9,11,16,20H,6-8,10H2,1-5H3. The fourth-order valence-corrected chi connectivity index (χ4v) is 2.01. The number of carbonyl (C=O) groups is 1. The second-order valence-electron chi connectivity index (χ2n) is 6.44. The van der Waals surface area contributed by atoms with Gasteiger partial charge < -0.3 is 9.39 Å². The molecule has 0 saturated carbocycles. The SMILES string of the molecule is CCOC(=O)C1CC=C(BOC(C)(C)C(C)(C)S)CC1. The molecule has 0 bridgehead atoms. The molecule has 114 valence electrons. The molecule has 0 N–H and O–H groups in total. The van der Waals surface area contributed by atoms with Crippen molar-refractivity contribution in [3.05, 3.63) is 11.5 Å². The predicted molar refractivity (Wildman–Crippen MR) is 87.4 cm³/mol. The van der Waals surface area contributed by atoms with Gasteiger partial charge in [0.25, 0.3) is 0 Å². The Balaban J connectivity index is 2.47. The smallest absolute Gasteiger partial charge is 0.309 e. The molecular formula is C15H27BO3S. The maximum absolute atomic E-state index is 11.7. The summed E-state index contributed by atoms with van der Waals surface area (Å²) >= 11 is 4.59.